The fourth-order valence-corrected chi connectivity index (χ4v) is 4.79. The quantitative estimate of drug-likeness (QED) is 0.313. The number of amides is 1. The van der Waals surface area contributed by atoms with Crippen LogP contribution in [0, 0.1) is 13.8 Å². The van der Waals surface area contributed by atoms with Crippen molar-refractivity contribution in [1.82, 2.24) is 14.5 Å². The van der Waals surface area contributed by atoms with Gasteiger partial charge in [-0.2, -0.15) is 0 Å². The van der Waals surface area contributed by atoms with E-state index in [1.165, 1.54) is 11.1 Å². The van der Waals surface area contributed by atoms with Gasteiger partial charge in [-0.3, -0.25) is 9.36 Å². The molecule has 0 unspecified atom stereocenters. The summed E-state index contributed by atoms with van der Waals surface area (Å²) in [4.78, 5) is 22.7. The highest BCUT2D eigenvalue weighted by atomic mass is 35.5. The van der Waals surface area contributed by atoms with Crippen LogP contribution in [0.1, 0.15) is 36.1 Å². The molecule has 2 aromatic heterocycles. The Balaban J connectivity index is 1.66. The highest BCUT2D eigenvalue weighted by Crippen LogP contribution is 2.31. The van der Waals surface area contributed by atoms with Crippen molar-refractivity contribution in [2.24, 2.45) is 0 Å². The van der Waals surface area contributed by atoms with E-state index in [1.807, 2.05) is 42.7 Å². The number of anilines is 1. The molecular weight excluding hydrogens is 440 g/mol. The maximum Gasteiger partial charge on any atom is 0.247 e. The van der Waals surface area contributed by atoms with Gasteiger partial charge in [0.25, 0.3) is 0 Å². The Labute approximate surface area is 197 Å². The number of aryl methyl sites for hydroxylation is 2. The number of nitrogens with zero attached hydrogens (tertiary/aromatic N) is 3. The Morgan fingerprint density at radius 2 is 2.00 bits per heavy atom. The maximum absolute atomic E-state index is 13.3. The molecule has 2 aromatic carbocycles. The molecule has 0 saturated heterocycles. The lowest BCUT2D eigenvalue weighted by Crippen LogP contribution is -2.26. The highest BCUT2D eigenvalue weighted by molar-refractivity contribution is 7.98. The molecule has 1 atom stereocenters. The second-order valence-electron chi connectivity index (χ2n) is 7.77. The Hall–Kier alpha value is -2.83. The fourth-order valence-electron chi connectivity index (χ4n) is 3.62. The molecule has 1 N–H and O–H groups in total. The molecule has 0 bridgehead atoms. The Morgan fingerprint density at radius 1 is 1.16 bits per heavy atom. The topological polar surface area (TPSA) is 59.8 Å². The number of carbonyl (C=O) groups excluding carboxylic acids is 1. The van der Waals surface area contributed by atoms with Crippen molar-refractivity contribution in [3.8, 4) is 0 Å². The SMILES string of the molecule is CC[C@H](C(=O)Nc1ccc(C)c(Cl)c1)n1c(SCc2cccc(C)c2)nc2cccnc21. The number of benzene rings is 2. The van der Waals surface area contributed by atoms with Crippen LogP contribution in [0.15, 0.2) is 66.0 Å². The van der Waals surface area contributed by atoms with Gasteiger partial charge in [0.15, 0.2) is 10.8 Å². The van der Waals surface area contributed by atoms with E-state index in [0.29, 0.717) is 22.8 Å². The van der Waals surface area contributed by atoms with Crippen LogP contribution < -0.4 is 5.32 Å². The number of pyridine rings is 1. The van der Waals surface area contributed by atoms with Gasteiger partial charge in [-0.05, 0) is 55.7 Å². The van der Waals surface area contributed by atoms with Gasteiger partial charge in [0.1, 0.15) is 11.6 Å². The van der Waals surface area contributed by atoms with Gasteiger partial charge in [-0.15, -0.1) is 0 Å². The molecule has 5 nitrogen and oxygen atoms in total. The predicted molar refractivity (Wildman–Crippen MR) is 132 cm³/mol. The molecule has 164 valence electrons. The average molecular weight is 465 g/mol. The maximum atomic E-state index is 13.3. The van der Waals surface area contributed by atoms with Crippen molar-refractivity contribution in [2.45, 2.75) is 44.1 Å². The van der Waals surface area contributed by atoms with Crippen LogP contribution in [0.3, 0.4) is 0 Å². The van der Waals surface area contributed by atoms with E-state index in [1.54, 1.807) is 24.0 Å². The van der Waals surface area contributed by atoms with Crippen molar-refractivity contribution < 1.29 is 4.79 Å². The largest absolute Gasteiger partial charge is 0.324 e. The molecule has 0 spiro atoms. The second-order valence-corrected chi connectivity index (χ2v) is 9.12. The predicted octanol–water partition coefficient (Wildman–Crippen LogP) is 6.58. The summed E-state index contributed by atoms with van der Waals surface area (Å²) in [6.45, 7) is 6.02. The number of hydrogen-bond acceptors (Lipinski definition) is 4. The molecule has 32 heavy (non-hydrogen) atoms. The third kappa shape index (κ3) is 4.81. The lowest BCUT2D eigenvalue weighted by molar-refractivity contribution is -0.119. The van der Waals surface area contributed by atoms with Crippen molar-refractivity contribution in [2.75, 3.05) is 5.32 Å². The van der Waals surface area contributed by atoms with Gasteiger partial charge >= 0.3 is 0 Å². The summed E-state index contributed by atoms with van der Waals surface area (Å²) in [5, 5.41) is 4.42. The smallest absolute Gasteiger partial charge is 0.247 e. The number of rotatable bonds is 7. The molecule has 1 amide bonds. The number of imidazole rings is 1. The van der Waals surface area contributed by atoms with E-state index in [-0.39, 0.29) is 5.91 Å². The monoisotopic (exact) mass is 464 g/mol. The summed E-state index contributed by atoms with van der Waals surface area (Å²) < 4.78 is 1.96. The Morgan fingerprint density at radius 3 is 2.75 bits per heavy atom. The zero-order valence-corrected chi connectivity index (χ0v) is 19.9. The van der Waals surface area contributed by atoms with Gasteiger partial charge < -0.3 is 5.32 Å². The van der Waals surface area contributed by atoms with E-state index in [0.717, 1.165) is 22.0 Å². The molecule has 4 aromatic rings. The van der Waals surface area contributed by atoms with Crippen LogP contribution in [0.5, 0.6) is 0 Å². The summed E-state index contributed by atoms with van der Waals surface area (Å²) in [5.41, 5.74) is 5.58. The Bertz CT molecular complexity index is 1270. The number of nitrogens with one attached hydrogen (secondary N) is 1. The molecule has 2 heterocycles. The lowest BCUT2D eigenvalue weighted by atomic mass is 10.2. The normalized spacial score (nSPS) is 12.1. The molecule has 0 radical (unpaired) electrons. The standard InChI is InChI=1S/C25H25ClN4OS/c1-4-22(24(31)28-19-11-10-17(3)20(26)14-19)30-23-21(9-6-12-27-23)29-25(30)32-15-18-8-5-7-16(2)13-18/h5-14,22H,4,15H2,1-3H3,(H,28,31)/t22-/m1/s1. The molecule has 0 aliphatic heterocycles. The first-order chi connectivity index (χ1) is 15.5. The molecule has 0 fully saturated rings. The molecule has 0 saturated carbocycles. The number of aromatic nitrogens is 3. The highest BCUT2D eigenvalue weighted by Gasteiger charge is 2.25. The second kappa shape index (κ2) is 9.76. The van der Waals surface area contributed by atoms with Crippen molar-refractivity contribution in [3.05, 3.63) is 82.5 Å². The molecule has 4 rings (SSSR count). The minimum Gasteiger partial charge on any atom is -0.324 e. The van der Waals surface area contributed by atoms with Crippen LogP contribution >= 0.6 is 23.4 Å². The molecule has 0 aliphatic carbocycles. The van der Waals surface area contributed by atoms with Crippen LogP contribution in [-0.4, -0.2) is 20.4 Å². The van der Waals surface area contributed by atoms with E-state index in [4.69, 9.17) is 16.6 Å². The number of fused-ring (bicyclic) bond motifs is 1. The summed E-state index contributed by atoms with van der Waals surface area (Å²) in [6.07, 6.45) is 2.34. The van der Waals surface area contributed by atoms with E-state index < -0.39 is 6.04 Å². The summed E-state index contributed by atoms with van der Waals surface area (Å²) in [6, 6.07) is 17.3. The first kappa shape index (κ1) is 22.4. The van der Waals surface area contributed by atoms with E-state index in [2.05, 4.69) is 41.5 Å². The van der Waals surface area contributed by atoms with Gasteiger partial charge in [0, 0.05) is 22.7 Å². The fraction of sp³-hybridized carbons (Fsp3) is 0.240. The van der Waals surface area contributed by atoms with Gasteiger partial charge in [0.2, 0.25) is 5.91 Å². The number of hydrogen-bond donors (Lipinski definition) is 1. The first-order valence-electron chi connectivity index (χ1n) is 10.5. The Kier molecular flexibility index (Phi) is 6.82. The van der Waals surface area contributed by atoms with Crippen LogP contribution in [0.2, 0.25) is 5.02 Å². The minimum absolute atomic E-state index is 0.116. The lowest BCUT2D eigenvalue weighted by Gasteiger charge is -2.19. The first-order valence-corrected chi connectivity index (χ1v) is 11.9. The van der Waals surface area contributed by atoms with E-state index >= 15 is 0 Å². The van der Waals surface area contributed by atoms with Crippen molar-refractivity contribution in [3.63, 3.8) is 0 Å². The molecule has 7 heteroatoms. The third-order valence-corrected chi connectivity index (χ3v) is 6.74. The number of carbonyl (C=O) groups is 1. The van der Waals surface area contributed by atoms with Gasteiger partial charge in [-0.25, -0.2) is 9.97 Å². The zero-order chi connectivity index (χ0) is 22.7. The van der Waals surface area contributed by atoms with Crippen molar-refractivity contribution in [1.29, 1.82) is 0 Å². The van der Waals surface area contributed by atoms with Crippen molar-refractivity contribution >= 4 is 46.1 Å². The van der Waals surface area contributed by atoms with Crippen LogP contribution in [-0.2, 0) is 10.5 Å². The minimum atomic E-state index is -0.449. The van der Waals surface area contributed by atoms with Crippen LogP contribution in [0.25, 0.3) is 11.2 Å². The average Bonchev–Trinajstić information content (AvgIpc) is 3.14. The summed E-state index contributed by atoms with van der Waals surface area (Å²) >= 11 is 7.86. The van der Waals surface area contributed by atoms with Gasteiger partial charge in [-0.1, -0.05) is 66.2 Å². The molecule has 0 aliphatic rings. The van der Waals surface area contributed by atoms with Crippen LogP contribution in [0.4, 0.5) is 5.69 Å². The number of halogens is 1. The molecular formula is C25H25ClN4OS. The zero-order valence-electron chi connectivity index (χ0n) is 18.3. The van der Waals surface area contributed by atoms with Gasteiger partial charge in [0.05, 0.1) is 0 Å². The summed E-state index contributed by atoms with van der Waals surface area (Å²) in [5.74, 6) is 0.645. The number of thioether (sulfide) groups is 1. The van der Waals surface area contributed by atoms with E-state index in [9.17, 15) is 4.79 Å². The summed E-state index contributed by atoms with van der Waals surface area (Å²) in [7, 11) is 0. The third-order valence-electron chi connectivity index (χ3n) is 5.31.